The highest BCUT2D eigenvalue weighted by Crippen LogP contribution is 2.23. The fourth-order valence-corrected chi connectivity index (χ4v) is 2.72. The fraction of sp³-hybridized carbons (Fsp3) is 0.0526. The molecule has 27 heavy (non-hydrogen) atoms. The third-order valence-electron chi connectivity index (χ3n) is 3.93. The number of hydrogen-bond acceptors (Lipinski definition) is 5. The van der Waals surface area contributed by atoms with Gasteiger partial charge in [-0.15, -0.1) is 0 Å². The van der Waals surface area contributed by atoms with E-state index in [2.05, 4.69) is 25.8 Å². The maximum atomic E-state index is 12.6. The number of ether oxygens (including phenoxy) is 1. The number of nitrogens with one attached hydrogen (secondary N) is 3. The summed E-state index contributed by atoms with van der Waals surface area (Å²) in [6, 6.07) is 16.8. The number of aromatic nitrogens is 2. The molecule has 0 aliphatic carbocycles. The van der Waals surface area contributed by atoms with Gasteiger partial charge < -0.3 is 10.1 Å². The highest BCUT2D eigenvalue weighted by molar-refractivity contribution is 6.19. The fourth-order valence-electron chi connectivity index (χ4n) is 2.72. The normalized spacial score (nSPS) is 15.8. The number of hydrogen-bond donors (Lipinski definition) is 3. The van der Waals surface area contributed by atoms with Gasteiger partial charge in [0.2, 0.25) is 6.17 Å². The van der Waals surface area contributed by atoms with E-state index >= 15 is 0 Å². The van der Waals surface area contributed by atoms with Crippen molar-refractivity contribution >= 4 is 23.4 Å². The van der Waals surface area contributed by atoms with Gasteiger partial charge in [0.25, 0.3) is 5.91 Å². The van der Waals surface area contributed by atoms with Crippen molar-refractivity contribution in [1.82, 2.24) is 15.5 Å². The summed E-state index contributed by atoms with van der Waals surface area (Å²) in [6.45, 7) is 0. The van der Waals surface area contributed by atoms with Crippen LogP contribution in [0.25, 0.3) is 0 Å². The zero-order chi connectivity index (χ0) is 18.6. The summed E-state index contributed by atoms with van der Waals surface area (Å²) in [4.78, 5) is 29.2. The maximum absolute atomic E-state index is 12.6. The van der Waals surface area contributed by atoms with Crippen molar-refractivity contribution in [2.24, 2.45) is 4.99 Å². The average Bonchev–Trinajstić information content (AvgIpc) is 3.14. The number of rotatable bonds is 3. The van der Waals surface area contributed by atoms with Crippen LogP contribution >= 0.6 is 0 Å². The van der Waals surface area contributed by atoms with Gasteiger partial charge in [-0.1, -0.05) is 48.5 Å². The van der Waals surface area contributed by atoms with E-state index in [-0.39, 0.29) is 5.75 Å². The van der Waals surface area contributed by atoms with E-state index in [4.69, 9.17) is 4.74 Å². The van der Waals surface area contributed by atoms with Crippen molar-refractivity contribution in [2.75, 3.05) is 5.32 Å². The molecule has 3 N–H and O–H groups in total. The van der Waals surface area contributed by atoms with Crippen molar-refractivity contribution < 1.29 is 14.3 Å². The predicted molar refractivity (Wildman–Crippen MR) is 98.7 cm³/mol. The molecule has 1 atom stereocenters. The Balaban J connectivity index is 1.68. The number of H-pyrrole nitrogens is 1. The monoisotopic (exact) mass is 361 g/mol. The van der Waals surface area contributed by atoms with Gasteiger partial charge in [-0.25, -0.2) is 9.79 Å². The van der Waals surface area contributed by atoms with Crippen LogP contribution in [-0.4, -0.2) is 34.1 Å². The lowest BCUT2D eigenvalue weighted by molar-refractivity contribution is -0.117. The molecule has 134 valence electrons. The minimum atomic E-state index is -1.15. The zero-order valence-electron chi connectivity index (χ0n) is 14.0. The molecule has 4 rings (SSSR count). The largest absolute Gasteiger partial charge is 0.414 e. The third kappa shape index (κ3) is 3.54. The number of amides is 2. The van der Waals surface area contributed by atoms with E-state index in [0.717, 1.165) is 11.1 Å². The number of aromatic amines is 1. The molecule has 0 bridgehead atoms. The number of carbonyl (C=O) groups is 2. The second-order valence-electron chi connectivity index (χ2n) is 5.75. The van der Waals surface area contributed by atoms with Crippen LogP contribution in [0.1, 0.15) is 11.1 Å². The number of carbonyl (C=O) groups excluding carboxylic acids is 2. The first-order valence-electron chi connectivity index (χ1n) is 8.21. The van der Waals surface area contributed by atoms with Gasteiger partial charge in [-0.3, -0.25) is 15.2 Å². The third-order valence-corrected chi connectivity index (χ3v) is 3.93. The number of aliphatic imine (C=N–C) groups is 1. The van der Waals surface area contributed by atoms with E-state index in [1.54, 1.807) is 6.07 Å². The first kappa shape index (κ1) is 16.5. The van der Waals surface area contributed by atoms with Crippen molar-refractivity contribution in [3.8, 4) is 5.75 Å². The number of anilines is 1. The molecule has 1 aromatic heterocycles. The lowest BCUT2D eigenvalue weighted by atomic mass is 10.0. The number of fused-ring (bicyclic) bond motifs is 1. The summed E-state index contributed by atoms with van der Waals surface area (Å²) in [5, 5.41) is 11.5. The number of nitrogens with zero attached hydrogens (tertiary/aromatic N) is 2. The van der Waals surface area contributed by atoms with E-state index in [1.807, 2.05) is 48.5 Å². The SMILES string of the molecule is O=C(NC1N=C(c2ccccc2)c2ccccc2NC1=O)Oc1cn[nH]c1. The van der Waals surface area contributed by atoms with Crippen LogP contribution in [0.3, 0.4) is 0 Å². The van der Waals surface area contributed by atoms with Crippen LogP contribution in [-0.2, 0) is 4.79 Å². The van der Waals surface area contributed by atoms with Crippen molar-refractivity contribution in [1.29, 1.82) is 0 Å². The lowest BCUT2D eigenvalue weighted by Gasteiger charge is -2.12. The Morgan fingerprint density at radius 2 is 1.85 bits per heavy atom. The van der Waals surface area contributed by atoms with Crippen LogP contribution in [0.4, 0.5) is 10.5 Å². The molecule has 8 nitrogen and oxygen atoms in total. The van der Waals surface area contributed by atoms with Gasteiger partial charge in [0.15, 0.2) is 5.75 Å². The van der Waals surface area contributed by atoms with Crippen LogP contribution < -0.4 is 15.4 Å². The van der Waals surface area contributed by atoms with Gasteiger partial charge in [0.1, 0.15) is 0 Å². The number of para-hydroxylation sites is 1. The molecule has 2 aromatic carbocycles. The molecule has 2 heterocycles. The summed E-state index contributed by atoms with van der Waals surface area (Å²) < 4.78 is 5.07. The molecule has 3 aromatic rings. The Hall–Kier alpha value is -3.94. The van der Waals surface area contributed by atoms with Crippen molar-refractivity contribution in [2.45, 2.75) is 6.17 Å². The Bertz CT molecular complexity index is 999. The van der Waals surface area contributed by atoms with Crippen LogP contribution in [0.5, 0.6) is 5.75 Å². The van der Waals surface area contributed by atoms with E-state index in [0.29, 0.717) is 11.4 Å². The Labute approximate surface area is 154 Å². The van der Waals surface area contributed by atoms with Gasteiger partial charge >= 0.3 is 6.09 Å². The van der Waals surface area contributed by atoms with Gasteiger partial charge in [-0.05, 0) is 6.07 Å². The number of benzene rings is 2. The number of benzodiazepines with no additional fused rings is 1. The van der Waals surface area contributed by atoms with Gasteiger partial charge in [0.05, 0.1) is 23.8 Å². The van der Waals surface area contributed by atoms with E-state index in [1.165, 1.54) is 12.4 Å². The molecule has 1 unspecified atom stereocenters. The lowest BCUT2D eigenvalue weighted by Crippen LogP contribution is -2.43. The second kappa shape index (κ2) is 7.12. The maximum Gasteiger partial charge on any atom is 0.414 e. The molecule has 0 fully saturated rings. The van der Waals surface area contributed by atoms with Crippen LogP contribution in [0, 0.1) is 0 Å². The molecule has 1 aliphatic heterocycles. The predicted octanol–water partition coefficient (Wildman–Crippen LogP) is 2.31. The van der Waals surface area contributed by atoms with Crippen molar-refractivity contribution in [3.63, 3.8) is 0 Å². The standard InChI is InChI=1S/C19H15N5O3/c25-18-17(24-19(26)27-13-10-20-21-11-13)23-16(12-6-2-1-3-7-12)14-8-4-5-9-15(14)22-18/h1-11,17H,(H,20,21)(H,22,25)(H,24,26). The molecule has 1 aliphatic rings. The molecule has 2 amide bonds. The zero-order valence-corrected chi connectivity index (χ0v) is 14.0. The topological polar surface area (TPSA) is 108 Å². The molecule has 0 spiro atoms. The van der Waals surface area contributed by atoms with E-state index < -0.39 is 18.2 Å². The molecule has 0 radical (unpaired) electrons. The molecular weight excluding hydrogens is 346 g/mol. The van der Waals surface area contributed by atoms with E-state index in [9.17, 15) is 9.59 Å². The second-order valence-corrected chi connectivity index (χ2v) is 5.75. The first-order chi connectivity index (χ1) is 13.2. The Morgan fingerprint density at radius 3 is 2.63 bits per heavy atom. The summed E-state index contributed by atoms with van der Waals surface area (Å²) >= 11 is 0. The summed E-state index contributed by atoms with van der Waals surface area (Å²) in [6.07, 6.45) is 0.813. The van der Waals surface area contributed by atoms with Crippen LogP contribution in [0.2, 0.25) is 0 Å². The summed E-state index contributed by atoms with van der Waals surface area (Å²) in [7, 11) is 0. The first-order valence-corrected chi connectivity index (χ1v) is 8.21. The van der Waals surface area contributed by atoms with Crippen molar-refractivity contribution in [3.05, 3.63) is 78.1 Å². The molecular formula is C19H15N5O3. The Morgan fingerprint density at radius 1 is 1.07 bits per heavy atom. The molecule has 0 saturated carbocycles. The molecule has 0 saturated heterocycles. The summed E-state index contributed by atoms with van der Waals surface area (Å²) in [5.74, 6) is -0.227. The van der Waals surface area contributed by atoms with Gasteiger partial charge in [-0.2, -0.15) is 5.10 Å². The summed E-state index contributed by atoms with van der Waals surface area (Å²) in [5.41, 5.74) is 2.82. The van der Waals surface area contributed by atoms with Gasteiger partial charge in [0, 0.05) is 11.1 Å². The highest BCUT2D eigenvalue weighted by atomic mass is 16.6. The minimum Gasteiger partial charge on any atom is -0.407 e. The highest BCUT2D eigenvalue weighted by Gasteiger charge is 2.27. The van der Waals surface area contributed by atoms with Crippen LogP contribution in [0.15, 0.2) is 72.0 Å². The average molecular weight is 361 g/mol. The Kier molecular flexibility index (Phi) is 4.36. The molecule has 8 heteroatoms. The minimum absolute atomic E-state index is 0.233. The quantitative estimate of drug-likeness (QED) is 0.665. The smallest absolute Gasteiger partial charge is 0.407 e.